The van der Waals surface area contributed by atoms with Crippen LogP contribution in [0.15, 0.2) is 46.9 Å². The summed E-state index contributed by atoms with van der Waals surface area (Å²) in [5.74, 6) is 0. The molecule has 0 bridgehead atoms. The van der Waals surface area contributed by atoms with Crippen LogP contribution in [-0.2, 0) is 0 Å². The van der Waals surface area contributed by atoms with E-state index in [-0.39, 0.29) is 0 Å². The Morgan fingerprint density at radius 1 is 0.944 bits per heavy atom. The summed E-state index contributed by atoms with van der Waals surface area (Å²) in [6, 6.07) is 16.7. The number of halogens is 1. The third-order valence-electron chi connectivity index (χ3n) is 2.37. The summed E-state index contributed by atoms with van der Waals surface area (Å²) in [4.78, 5) is 0. The highest BCUT2D eigenvalue weighted by Crippen LogP contribution is 2.27. The first-order valence-corrected chi connectivity index (χ1v) is 5.99. The van der Waals surface area contributed by atoms with E-state index in [1.807, 2.05) is 18.2 Å². The van der Waals surface area contributed by atoms with Gasteiger partial charge in [0.2, 0.25) is 0 Å². The molecule has 1 N–H and O–H groups in total. The van der Waals surface area contributed by atoms with Crippen molar-refractivity contribution in [2.75, 3.05) is 5.32 Å². The second-order valence-corrected chi connectivity index (χ2v) is 4.48. The normalized spacial score (nSPS) is 9.28. The second-order valence-electron chi connectivity index (χ2n) is 3.62. The molecule has 0 saturated carbocycles. The van der Waals surface area contributed by atoms with E-state index < -0.39 is 0 Å². The Hall–Kier alpha value is -2.30. The molecular weight excluding hydrogens is 290 g/mol. The van der Waals surface area contributed by atoms with Gasteiger partial charge < -0.3 is 5.32 Å². The van der Waals surface area contributed by atoms with E-state index in [1.54, 1.807) is 24.3 Å². The fourth-order valence-corrected chi connectivity index (χ4v) is 1.99. The molecule has 0 amide bonds. The molecule has 3 nitrogen and oxygen atoms in total. The zero-order valence-corrected chi connectivity index (χ0v) is 10.9. The van der Waals surface area contributed by atoms with E-state index >= 15 is 0 Å². The maximum atomic E-state index is 8.83. The van der Waals surface area contributed by atoms with Gasteiger partial charge in [0.15, 0.2) is 0 Å². The van der Waals surface area contributed by atoms with Crippen LogP contribution >= 0.6 is 15.9 Å². The maximum absolute atomic E-state index is 8.83. The number of nitriles is 2. The third-order valence-corrected chi connectivity index (χ3v) is 3.02. The van der Waals surface area contributed by atoms with Crippen LogP contribution in [0.25, 0.3) is 0 Å². The first-order chi connectivity index (χ1) is 8.72. The van der Waals surface area contributed by atoms with E-state index in [2.05, 4.69) is 33.4 Å². The number of benzene rings is 2. The van der Waals surface area contributed by atoms with Gasteiger partial charge in [-0.3, -0.25) is 0 Å². The molecule has 0 saturated heterocycles. The minimum Gasteiger partial charge on any atom is -0.355 e. The maximum Gasteiger partial charge on any atom is 0.0992 e. The van der Waals surface area contributed by atoms with Gasteiger partial charge in [0, 0.05) is 10.2 Å². The SMILES string of the molecule is N#Cc1cccc(Nc2ccc(C#N)cc2Br)c1. The molecule has 4 heteroatoms. The average molecular weight is 298 g/mol. The zero-order chi connectivity index (χ0) is 13.0. The summed E-state index contributed by atoms with van der Waals surface area (Å²) in [5.41, 5.74) is 2.88. The summed E-state index contributed by atoms with van der Waals surface area (Å²) in [5, 5.41) is 20.8. The van der Waals surface area contributed by atoms with Crippen molar-refractivity contribution >= 4 is 27.3 Å². The van der Waals surface area contributed by atoms with Crippen LogP contribution in [0.5, 0.6) is 0 Å². The Morgan fingerprint density at radius 2 is 1.67 bits per heavy atom. The van der Waals surface area contributed by atoms with Crippen molar-refractivity contribution in [3.63, 3.8) is 0 Å². The van der Waals surface area contributed by atoms with E-state index in [4.69, 9.17) is 10.5 Å². The van der Waals surface area contributed by atoms with Crippen molar-refractivity contribution in [2.45, 2.75) is 0 Å². The van der Waals surface area contributed by atoms with Crippen LogP contribution < -0.4 is 5.32 Å². The molecule has 0 aliphatic heterocycles. The van der Waals surface area contributed by atoms with Gasteiger partial charge in [-0.2, -0.15) is 10.5 Å². The highest BCUT2D eigenvalue weighted by Gasteiger charge is 2.02. The minimum absolute atomic E-state index is 0.596. The molecule has 2 aromatic rings. The summed E-state index contributed by atoms with van der Waals surface area (Å²) >= 11 is 3.40. The highest BCUT2D eigenvalue weighted by atomic mass is 79.9. The van der Waals surface area contributed by atoms with Crippen molar-refractivity contribution < 1.29 is 0 Å². The lowest BCUT2D eigenvalue weighted by molar-refractivity contribution is 1.45. The summed E-state index contributed by atoms with van der Waals surface area (Å²) in [6.07, 6.45) is 0. The van der Waals surface area contributed by atoms with Crippen LogP contribution in [0.4, 0.5) is 11.4 Å². The van der Waals surface area contributed by atoms with Crippen molar-refractivity contribution in [1.82, 2.24) is 0 Å². The molecule has 0 aliphatic carbocycles. The Labute approximate surface area is 113 Å². The van der Waals surface area contributed by atoms with E-state index in [0.717, 1.165) is 15.8 Å². The van der Waals surface area contributed by atoms with Gasteiger partial charge in [-0.15, -0.1) is 0 Å². The molecule has 18 heavy (non-hydrogen) atoms. The molecule has 0 aromatic heterocycles. The standard InChI is InChI=1S/C14H8BrN3/c15-13-7-11(9-17)4-5-14(13)18-12-3-1-2-10(6-12)8-16/h1-7,18H. The van der Waals surface area contributed by atoms with Gasteiger partial charge in [-0.05, 0) is 52.3 Å². The van der Waals surface area contributed by atoms with Crippen molar-refractivity contribution in [3.8, 4) is 12.1 Å². The third kappa shape index (κ3) is 2.68. The molecule has 0 heterocycles. The average Bonchev–Trinajstić information content (AvgIpc) is 2.41. The molecule has 0 atom stereocenters. The molecule has 0 radical (unpaired) electrons. The summed E-state index contributed by atoms with van der Waals surface area (Å²) in [6.45, 7) is 0. The van der Waals surface area contributed by atoms with Gasteiger partial charge in [-0.1, -0.05) is 6.07 Å². The van der Waals surface area contributed by atoms with E-state index in [0.29, 0.717) is 11.1 Å². The lowest BCUT2D eigenvalue weighted by Gasteiger charge is -2.08. The Bertz CT molecular complexity index is 665. The first-order valence-electron chi connectivity index (χ1n) is 5.20. The van der Waals surface area contributed by atoms with E-state index in [9.17, 15) is 0 Å². The summed E-state index contributed by atoms with van der Waals surface area (Å²) < 4.78 is 0.809. The van der Waals surface area contributed by atoms with Gasteiger partial charge in [0.05, 0.1) is 29.0 Å². The molecule has 0 fully saturated rings. The number of hydrogen-bond donors (Lipinski definition) is 1. The van der Waals surface area contributed by atoms with Crippen LogP contribution in [0, 0.1) is 22.7 Å². The van der Waals surface area contributed by atoms with Crippen molar-refractivity contribution in [3.05, 3.63) is 58.1 Å². The molecule has 2 rings (SSSR count). The molecular formula is C14H8BrN3. The predicted molar refractivity (Wildman–Crippen MR) is 73.3 cm³/mol. The number of nitrogens with one attached hydrogen (secondary N) is 1. The van der Waals surface area contributed by atoms with Crippen LogP contribution in [0.2, 0.25) is 0 Å². The fourth-order valence-electron chi connectivity index (χ4n) is 1.51. The topological polar surface area (TPSA) is 59.6 Å². The molecule has 86 valence electrons. The first kappa shape index (κ1) is 12.2. The highest BCUT2D eigenvalue weighted by molar-refractivity contribution is 9.10. The second kappa shape index (κ2) is 5.35. The van der Waals surface area contributed by atoms with Gasteiger partial charge >= 0.3 is 0 Å². The number of anilines is 2. The van der Waals surface area contributed by atoms with Gasteiger partial charge in [-0.25, -0.2) is 0 Å². The summed E-state index contributed by atoms with van der Waals surface area (Å²) in [7, 11) is 0. The van der Waals surface area contributed by atoms with Gasteiger partial charge in [0.25, 0.3) is 0 Å². The van der Waals surface area contributed by atoms with Crippen LogP contribution in [0.1, 0.15) is 11.1 Å². The number of hydrogen-bond acceptors (Lipinski definition) is 3. The Morgan fingerprint density at radius 3 is 2.33 bits per heavy atom. The van der Waals surface area contributed by atoms with Gasteiger partial charge in [0.1, 0.15) is 0 Å². The quantitative estimate of drug-likeness (QED) is 0.913. The molecule has 0 unspecified atom stereocenters. The van der Waals surface area contributed by atoms with Crippen LogP contribution in [0.3, 0.4) is 0 Å². The minimum atomic E-state index is 0.596. The number of rotatable bonds is 2. The van der Waals surface area contributed by atoms with Crippen LogP contribution in [-0.4, -0.2) is 0 Å². The predicted octanol–water partition coefficient (Wildman–Crippen LogP) is 3.94. The largest absolute Gasteiger partial charge is 0.355 e. The lowest BCUT2D eigenvalue weighted by Crippen LogP contribution is -1.92. The Kier molecular flexibility index (Phi) is 3.62. The zero-order valence-electron chi connectivity index (χ0n) is 9.31. The Balaban J connectivity index is 2.29. The lowest BCUT2D eigenvalue weighted by atomic mass is 10.2. The number of nitrogens with zero attached hydrogens (tertiary/aromatic N) is 2. The smallest absolute Gasteiger partial charge is 0.0992 e. The van der Waals surface area contributed by atoms with Crippen molar-refractivity contribution in [2.24, 2.45) is 0 Å². The molecule has 2 aromatic carbocycles. The van der Waals surface area contributed by atoms with E-state index in [1.165, 1.54) is 0 Å². The monoisotopic (exact) mass is 297 g/mol. The fraction of sp³-hybridized carbons (Fsp3) is 0. The molecule has 0 aliphatic rings. The molecule has 0 spiro atoms. The van der Waals surface area contributed by atoms with Crippen molar-refractivity contribution in [1.29, 1.82) is 10.5 Å².